The van der Waals surface area contributed by atoms with Crippen LogP contribution in [-0.4, -0.2) is 19.5 Å². The van der Waals surface area contributed by atoms with Crippen molar-refractivity contribution in [2.24, 2.45) is 0 Å². The number of imidazole rings is 1. The second-order valence-electron chi connectivity index (χ2n) is 6.67. The van der Waals surface area contributed by atoms with Crippen molar-refractivity contribution in [2.45, 2.75) is 0 Å². The Balaban J connectivity index is 1.38. The van der Waals surface area contributed by atoms with E-state index in [-0.39, 0.29) is 0 Å². The number of nitrogens with two attached hydrogens (primary N) is 1. The maximum absolute atomic E-state index is 5.94. The van der Waals surface area contributed by atoms with Gasteiger partial charge in [0.2, 0.25) is 11.8 Å². The first-order valence-corrected chi connectivity index (χ1v) is 9.41. The number of fused-ring (bicyclic) bond motifs is 1. The molecule has 3 N–H and O–H groups in total. The number of anilines is 3. The number of para-hydroxylation sites is 1. The fraction of sp³-hybridized carbons (Fsp3) is 0. The van der Waals surface area contributed by atoms with Crippen LogP contribution in [0.2, 0.25) is 0 Å². The minimum atomic E-state index is 0.424. The average molecular weight is 394 g/mol. The molecule has 2 aromatic heterocycles. The van der Waals surface area contributed by atoms with Crippen LogP contribution in [0.25, 0.3) is 16.7 Å². The summed E-state index contributed by atoms with van der Waals surface area (Å²) >= 11 is 0. The van der Waals surface area contributed by atoms with E-state index >= 15 is 0 Å². The molecule has 0 aliphatic carbocycles. The van der Waals surface area contributed by atoms with Gasteiger partial charge in [-0.05, 0) is 42.5 Å². The van der Waals surface area contributed by atoms with Crippen molar-refractivity contribution in [2.75, 3.05) is 11.1 Å². The van der Waals surface area contributed by atoms with E-state index in [0.717, 1.165) is 22.4 Å². The molecule has 3 aromatic carbocycles. The molecule has 30 heavy (non-hydrogen) atoms. The predicted octanol–water partition coefficient (Wildman–Crippen LogP) is 4.93. The molecule has 0 fully saturated rings. The molecule has 0 saturated heterocycles. The van der Waals surface area contributed by atoms with E-state index < -0.39 is 0 Å². The van der Waals surface area contributed by atoms with Crippen molar-refractivity contribution >= 4 is 28.4 Å². The molecule has 7 nitrogen and oxygen atoms in total. The second-order valence-corrected chi connectivity index (χ2v) is 6.67. The maximum Gasteiger partial charge on any atom is 0.230 e. The first kappa shape index (κ1) is 17.7. The van der Waals surface area contributed by atoms with Gasteiger partial charge in [0.1, 0.15) is 12.1 Å². The van der Waals surface area contributed by atoms with Gasteiger partial charge in [0, 0.05) is 35.4 Å². The zero-order valence-electron chi connectivity index (χ0n) is 15.9. The molecule has 5 aromatic rings. The highest BCUT2D eigenvalue weighted by Gasteiger charge is 2.08. The smallest absolute Gasteiger partial charge is 0.230 e. The lowest BCUT2D eigenvalue weighted by molar-refractivity contribution is 0.463. The molecule has 0 spiro atoms. The molecule has 0 unspecified atom stereocenters. The van der Waals surface area contributed by atoms with Gasteiger partial charge in [0.15, 0.2) is 0 Å². The third-order valence-corrected chi connectivity index (χ3v) is 4.55. The van der Waals surface area contributed by atoms with Crippen molar-refractivity contribution in [3.8, 4) is 17.3 Å². The molecule has 2 heterocycles. The van der Waals surface area contributed by atoms with Crippen LogP contribution in [0.15, 0.2) is 91.4 Å². The number of hydrogen-bond acceptors (Lipinski definition) is 6. The van der Waals surface area contributed by atoms with Gasteiger partial charge in [-0.15, -0.1) is 0 Å². The zero-order chi connectivity index (χ0) is 20.3. The minimum Gasteiger partial charge on any atom is -0.439 e. The lowest BCUT2D eigenvalue weighted by Gasteiger charge is -2.08. The van der Waals surface area contributed by atoms with E-state index in [1.165, 1.54) is 0 Å². The van der Waals surface area contributed by atoms with E-state index in [4.69, 9.17) is 10.5 Å². The fourth-order valence-corrected chi connectivity index (χ4v) is 3.18. The standard InChI is InChI=1S/C23H18N6O/c24-16-5-4-6-17(13-16)27-23-25-12-11-22(28-23)30-19-9-10-21-20(14-19)26-15-29(21)18-7-2-1-3-8-18/h1-15H,24H2,(H,25,27,28). The molecule has 0 aliphatic heterocycles. The molecule has 0 saturated carbocycles. The van der Waals surface area contributed by atoms with Gasteiger partial charge in [0.25, 0.3) is 0 Å². The van der Waals surface area contributed by atoms with Gasteiger partial charge in [-0.25, -0.2) is 9.97 Å². The van der Waals surface area contributed by atoms with Crippen molar-refractivity contribution in [3.05, 3.63) is 91.4 Å². The number of nitrogens with zero attached hydrogens (tertiary/aromatic N) is 4. The molecule has 0 atom stereocenters. The topological polar surface area (TPSA) is 90.9 Å². The fourth-order valence-electron chi connectivity index (χ4n) is 3.18. The van der Waals surface area contributed by atoms with Crippen molar-refractivity contribution in [1.82, 2.24) is 19.5 Å². The van der Waals surface area contributed by atoms with Crippen LogP contribution in [0.5, 0.6) is 11.6 Å². The molecule has 146 valence electrons. The van der Waals surface area contributed by atoms with E-state index in [9.17, 15) is 0 Å². The van der Waals surface area contributed by atoms with Gasteiger partial charge < -0.3 is 15.8 Å². The normalized spacial score (nSPS) is 10.8. The zero-order valence-corrected chi connectivity index (χ0v) is 15.9. The van der Waals surface area contributed by atoms with Crippen molar-refractivity contribution in [3.63, 3.8) is 0 Å². The van der Waals surface area contributed by atoms with Crippen LogP contribution in [0.3, 0.4) is 0 Å². The quantitative estimate of drug-likeness (QED) is 0.411. The SMILES string of the molecule is Nc1cccc(Nc2nccc(Oc3ccc4c(c3)ncn4-c3ccccc3)n2)c1. The Morgan fingerprint density at radius 3 is 2.63 bits per heavy atom. The Hall–Kier alpha value is -4.39. The monoisotopic (exact) mass is 394 g/mol. The van der Waals surface area contributed by atoms with E-state index in [2.05, 4.69) is 20.3 Å². The van der Waals surface area contributed by atoms with Gasteiger partial charge >= 0.3 is 0 Å². The van der Waals surface area contributed by atoms with Gasteiger partial charge in [-0.1, -0.05) is 24.3 Å². The van der Waals surface area contributed by atoms with Crippen LogP contribution in [0, 0.1) is 0 Å². The number of aromatic nitrogens is 4. The highest BCUT2D eigenvalue weighted by Crippen LogP contribution is 2.26. The number of nitrogen functional groups attached to an aromatic ring is 1. The third kappa shape index (κ3) is 3.64. The summed E-state index contributed by atoms with van der Waals surface area (Å²) in [6.07, 6.45) is 3.45. The number of benzene rings is 3. The molecule has 0 bridgehead atoms. The largest absolute Gasteiger partial charge is 0.439 e. The van der Waals surface area contributed by atoms with E-state index in [1.54, 1.807) is 12.3 Å². The van der Waals surface area contributed by atoms with Gasteiger partial charge in [-0.3, -0.25) is 4.57 Å². The van der Waals surface area contributed by atoms with Crippen molar-refractivity contribution < 1.29 is 4.74 Å². The molecule has 0 aliphatic rings. The average Bonchev–Trinajstić information content (AvgIpc) is 3.18. The van der Waals surface area contributed by atoms with Gasteiger partial charge in [0.05, 0.1) is 11.0 Å². The van der Waals surface area contributed by atoms with Crippen molar-refractivity contribution in [1.29, 1.82) is 0 Å². The molecular weight excluding hydrogens is 376 g/mol. The number of rotatable bonds is 5. The van der Waals surface area contributed by atoms with Crippen LogP contribution in [-0.2, 0) is 0 Å². The molecular formula is C23H18N6O. The summed E-state index contributed by atoms with van der Waals surface area (Å²) in [6, 6.07) is 25.0. The summed E-state index contributed by atoms with van der Waals surface area (Å²) in [5.74, 6) is 1.50. The predicted molar refractivity (Wildman–Crippen MR) is 117 cm³/mol. The lowest BCUT2D eigenvalue weighted by atomic mass is 10.2. The number of hydrogen-bond donors (Lipinski definition) is 2. The molecule has 0 radical (unpaired) electrons. The number of nitrogens with one attached hydrogen (secondary N) is 1. The Kier molecular flexibility index (Phi) is 4.46. The Morgan fingerprint density at radius 1 is 0.867 bits per heavy atom. The van der Waals surface area contributed by atoms with E-state index in [0.29, 0.717) is 23.3 Å². The van der Waals surface area contributed by atoms with Crippen LogP contribution < -0.4 is 15.8 Å². The first-order chi connectivity index (χ1) is 14.7. The Morgan fingerprint density at radius 2 is 1.77 bits per heavy atom. The Labute approximate surface area is 172 Å². The summed E-state index contributed by atoms with van der Waals surface area (Å²) in [4.78, 5) is 13.2. The summed E-state index contributed by atoms with van der Waals surface area (Å²) in [6.45, 7) is 0. The summed E-state index contributed by atoms with van der Waals surface area (Å²) in [5, 5.41) is 3.12. The Bertz CT molecular complexity index is 1320. The van der Waals surface area contributed by atoms with Gasteiger partial charge in [-0.2, -0.15) is 4.98 Å². The third-order valence-electron chi connectivity index (χ3n) is 4.55. The second kappa shape index (κ2) is 7.56. The summed E-state index contributed by atoms with van der Waals surface area (Å²) in [7, 11) is 0. The van der Waals surface area contributed by atoms with Crippen LogP contribution >= 0.6 is 0 Å². The van der Waals surface area contributed by atoms with E-state index in [1.807, 2.05) is 83.7 Å². The molecule has 0 amide bonds. The van der Waals surface area contributed by atoms with Crippen LogP contribution in [0.4, 0.5) is 17.3 Å². The highest BCUT2D eigenvalue weighted by molar-refractivity contribution is 5.79. The highest BCUT2D eigenvalue weighted by atomic mass is 16.5. The minimum absolute atomic E-state index is 0.424. The first-order valence-electron chi connectivity index (χ1n) is 9.41. The van der Waals surface area contributed by atoms with Crippen LogP contribution in [0.1, 0.15) is 0 Å². The summed E-state index contributed by atoms with van der Waals surface area (Å²) < 4.78 is 7.98. The lowest BCUT2D eigenvalue weighted by Crippen LogP contribution is -1.99. The molecule has 5 rings (SSSR count). The number of ether oxygens (including phenoxy) is 1. The maximum atomic E-state index is 5.94. The summed E-state index contributed by atoms with van der Waals surface area (Å²) in [5.41, 5.74) is 10.2. The molecule has 7 heteroatoms.